The van der Waals surface area contributed by atoms with Crippen molar-refractivity contribution in [1.82, 2.24) is 0 Å². The summed E-state index contributed by atoms with van der Waals surface area (Å²) in [6.45, 7) is 8.97. The monoisotopic (exact) mass is 264 g/mol. The maximum Gasteiger partial charge on any atom is 0.353 e. The Kier molecular flexibility index (Phi) is 5.73. The van der Waals surface area contributed by atoms with Crippen molar-refractivity contribution in [2.24, 2.45) is 0 Å². The van der Waals surface area contributed by atoms with Crippen LogP contribution in [-0.2, 0) is 19.6 Å². The molecular weight excluding hydrogens is 244 g/mol. The standard InChI is InChI=1S/C15H20O4/c1-5-13(12-10-8-7-9-11-12)14(16)17-19-18-15(3,4)6-2/h6-11,13H,2,5H2,1,3-4H3. The number of carbonyl (C=O) groups excluding carboxylic acids is 1. The van der Waals surface area contributed by atoms with E-state index in [2.05, 4.69) is 16.5 Å². The lowest BCUT2D eigenvalue weighted by Crippen LogP contribution is -2.23. The van der Waals surface area contributed by atoms with Gasteiger partial charge in [-0.2, -0.15) is 4.89 Å². The summed E-state index contributed by atoms with van der Waals surface area (Å²) < 4.78 is 0. The van der Waals surface area contributed by atoms with E-state index in [1.165, 1.54) is 0 Å². The molecule has 0 aliphatic rings. The van der Waals surface area contributed by atoms with Crippen LogP contribution in [0.5, 0.6) is 0 Å². The number of benzene rings is 1. The number of rotatable bonds is 7. The third-order valence-electron chi connectivity index (χ3n) is 2.75. The lowest BCUT2D eigenvalue weighted by atomic mass is 9.97. The SMILES string of the molecule is C=CC(C)(C)OOOC(=O)C(CC)c1ccccc1. The summed E-state index contributed by atoms with van der Waals surface area (Å²) in [5.74, 6) is -0.842. The molecular formula is C15H20O4. The molecule has 1 aromatic rings. The fourth-order valence-electron chi connectivity index (χ4n) is 1.45. The van der Waals surface area contributed by atoms with E-state index in [1.807, 2.05) is 37.3 Å². The molecule has 104 valence electrons. The van der Waals surface area contributed by atoms with Gasteiger partial charge in [0.2, 0.25) is 0 Å². The number of hydrogen-bond donors (Lipinski definition) is 0. The quantitative estimate of drug-likeness (QED) is 0.429. The van der Waals surface area contributed by atoms with Crippen molar-refractivity contribution in [2.75, 3.05) is 0 Å². The molecule has 0 saturated heterocycles. The maximum atomic E-state index is 11.9. The molecule has 0 aromatic heterocycles. The fraction of sp³-hybridized carbons (Fsp3) is 0.400. The molecule has 19 heavy (non-hydrogen) atoms. The average molecular weight is 264 g/mol. The van der Waals surface area contributed by atoms with E-state index in [0.29, 0.717) is 6.42 Å². The van der Waals surface area contributed by atoms with Crippen LogP contribution in [0.25, 0.3) is 0 Å². The molecule has 0 fully saturated rings. The van der Waals surface area contributed by atoms with Crippen LogP contribution >= 0.6 is 0 Å². The summed E-state index contributed by atoms with van der Waals surface area (Å²) in [7, 11) is 0. The highest BCUT2D eigenvalue weighted by Crippen LogP contribution is 2.21. The van der Waals surface area contributed by atoms with Crippen LogP contribution in [0.3, 0.4) is 0 Å². The Hall–Kier alpha value is -1.65. The van der Waals surface area contributed by atoms with E-state index in [0.717, 1.165) is 5.56 Å². The van der Waals surface area contributed by atoms with Crippen molar-refractivity contribution >= 4 is 5.97 Å². The predicted molar refractivity (Wildman–Crippen MR) is 72.0 cm³/mol. The first-order valence-electron chi connectivity index (χ1n) is 6.25. The molecule has 1 rings (SSSR count). The second-order valence-electron chi connectivity index (χ2n) is 4.73. The zero-order valence-corrected chi connectivity index (χ0v) is 11.6. The first-order valence-corrected chi connectivity index (χ1v) is 6.25. The molecule has 4 heteroatoms. The van der Waals surface area contributed by atoms with Gasteiger partial charge in [0.25, 0.3) is 0 Å². The topological polar surface area (TPSA) is 44.8 Å². The largest absolute Gasteiger partial charge is 0.353 e. The molecule has 0 amide bonds. The van der Waals surface area contributed by atoms with E-state index >= 15 is 0 Å². The van der Waals surface area contributed by atoms with Gasteiger partial charge in [0.1, 0.15) is 5.60 Å². The zero-order chi connectivity index (χ0) is 14.3. The van der Waals surface area contributed by atoms with Crippen LogP contribution in [0, 0.1) is 0 Å². The van der Waals surface area contributed by atoms with E-state index in [-0.39, 0.29) is 5.92 Å². The summed E-state index contributed by atoms with van der Waals surface area (Å²) in [5.41, 5.74) is 0.177. The lowest BCUT2D eigenvalue weighted by molar-refractivity contribution is -0.510. The molecule has 0 aliphatic heterocycles. The van der Waals surface area contributed by atoms with Crippen LogP contribution in [0.1, 0.15) is 38.7 Å². The Balaban J connectivity index is 2.54. The van der Waals surface area contributed by atoms with Gasteiger partial charge in [-0.25, -0.2) is 4.79 Å². The van der Waals surface area contributed by atoms with Crippen molar-refractivity contribution in [3.05, 3.63) is 48.6 Å². The Morgan fingerprint density at radius 3 is 2.53 bits per heavy atom. The van der Waals surface area contributed by atoms with Gasteiger partial charge < -0.3 is 0 Å². The molecule has 4 nitrogen and oxygen atoms in total. The van der Waals surface area contributed by atoms with Crippen LogP contribution in [-0.4, -0.2) is 11.6 Å². The molecule has 0 saturated carbocycles. The van der Waals surface area contributed by atoms with Crippen LogP contribution in [0.15, 0.2) is 43.0 Å². The second-order valence-corrected chi connectivity index (χ2v) is 4.73. The molecule has 1 aromatic carbocycles. The molecule has 0 N–H and O–H groups in total. The molecule has 1 unspecified atom stereocenters. The molecule has 0 aliphatic carbocycles. The minimum absolute atomic E-state index is 0.364. The number of hydrogen-bond acceptors (Lipinski definition) is 4. The van der Waals surface area contributed by atoms with Gasteiger partial charge in [-0.1, -0.05) is 43.3 Å². The summed E-state index contributed by atoms with van der Waals surface area (Å²) in [6.07, 6.45) is 2.17. The van der Waals surface area contributed by atoms with E-state index in [4.69, 9.17) is 4.89 Å². The van der Waals surface area contributed by atoms with Crippen molar-refractivity contribution in [3.8, 4) is 0 Å². The third kappa shape index (κ3) is 4.85. The van der Waals surface area contributed by atoms with Crippen molar-refractivity contribution in [3.63, 3.8) is 0 Å². The molecule has 0 heterocycles. The van der Waals surface area contributed by atoms with Crippen LogP contribution in [0.4, 0.5) is 0 Å². The highest BCUT2D eigenvalue weighted by Gasteiger charge is 2.23. The minimum atomic E-state index is -0.714. The Labute approximate surface area is 113 Å². The van der Waals surface area contributed by atoms with Crippen molar-refractivity contribution < 1.29 is 19.6 Å². The second kappa shape index (κ2) is 7.07. The summed E-state index contributed by atoms with van der Waals surface area (Å²) in [4.78, 5) is 21.5. The lowest BCUT2D eigenvalue weighted by Gasteiger charge is -2.18. The van der Waals surface area contributed by atoms with Crippen molar-refractivity contribution in [2.45, 2.75) is 38.7 Å². The van der Waals surface area contributed by atoms with E-state index < -0.39 is 11.6 Å². The van der Waals surface area contributed by atoms with Gasteiger partial charge in [0.05, 0.1) is 5.92 Å². The predicted octanol–water partition coefficient (Wildman–Crippen LogP) is 3.55. The zero-order valence-electron chi connectivity index (χ0n) is 11.6. The van der Waals surface area contributed by atoms with Gasteiger partial charge in [0, 0.05) is 0 Å². The average Bonchev–Trinajstić information content (AvgIpc) is 2.40. The highest BCUT2D eigenvalue weighted by atomic mass is 17.5. The summed E-state index contributed by atoms with van der Waals surface area (Å²) in [5, 5.41) is 4.53. The van der Waals surface area contributed by atoms with Gasteiger partial charge in [-0.3, -0.25) is 4.89 Å². The third-order valence-corrected chi connectivity index (χ3v) is 2.75. The molecule has 0 bridgehead atoms. The van der Waals surface area contributed by atoms with Crippen LogP contribution < -0.4 is 0 Å². The fourth-order valence-corrected chi connectivity index (χ4v) is 1.45. The summed E-state index contributed by atoms with van der Waals surface area (Å²) in [6, 6.07) is 9.41. The van der Waals surface area contributed by atoms with Gasteiger partial charge >= 0.3 is 5.97 Å². The van der Waals surface area contributed by atoms with Gasteiger partial charge in [-0.05, 0) is 30.9 Å². The molecule has 0 radical (unpaired) electrons. The maximum absolute atomic E-state index is 11.9. The summed E-state index contributed by atoms with van der Waals surface area (Å²) >= 11 is 0. The Morgan fingerprint density at radius 2 is 2.00 bits per heavy atom. The first-order chi connectivity index (χ1) is 9.00. The first kappa shape index (κ1) is 15.4. The van der Waals surface area contributed by atoms with E-state index in [1.54, 1.807) is 19.9 Å². The smallest absolute Gasteiger partial charge is 0.268 e. The van der Waals surface area contributed by atoms with Crippen molar-refractivity contribution in [1.29, 1.82) is 0 Å². The van der Waals surface area contributed by atoms with Gasteiger partial charge in [-0.15, -0.1) is 6.58 Å². The molecule has 0 spiro atoms. The Morgan fingerprint density at radius 1 is 1.37 bits per heavy atom. The number of carbonyl (C=O) groups is 1. The Bertz CT molecular complexity index is 411. The highest BCUT2D eigenvalue weighted by molar-refractivity contribution is 5.77. The van der Waals surface area contributed by atoms with Crippen LogP contribution in [0.2, 0.25) is 0 Å². The minimum Gasteiger partial charge on any atom is -0.268 e. The molecule has 1 atom stereocenters. The van der Waals surface area contributed by atoms with E-state index in [9.17, 15) is 4.79 Å². The van der Waals surface area contributed by atoms with Gasteiger partial charge in [0.15, 0.2) is 0 Å². The normalized spacial score (nSPS) is 12.8.